The molecule has 20 heavy (non-hydrogen) atoms. The third-order valence-electron chi connectivity index (χ3n) is 2.80. The summed E-state index contributed by atoms with van der Waals surface area (Å²) < 4.78 is 29.2. The largest absolute Gasteiger partial charge is 0.278 e. The molecule has 0 spiro atoms. The first-order chi connectivity index (χ1) is 9.20. The number of hydrogen-bond donors (Lipinski definition) is 1. The Morgan fingerprint density at radius 2 is 1.75 bits per heavy atom. The lowest BCUT2D eigenvalue weighted by Crippen LogP contribution is -2.14. The van der Waals surface area contributed by atoms with Gasteiger partial charge in [-0.2, -0.15) is 0 Å². The van der Waals surface area contributed by atoms with E-state index in [0.717, 1.165) is 24.3 Å². The highest BCUT2D eigenvalue weighted by Gasteiger charge is 2.21. The van der Waals surface area contributed by atoms with Crippen molar-refractivity contribution in [2.75, 3.05) is 4.72 Å². The van der Waals surface area contributed by atoms with Crippen LogP contribution in [-0.2, 0) is 10.0 Å². The van der Waals surface area contributed by atoms with Crippen molar-refractivity contribution < 1.29 is 8.42 Å². The molecule has 0 atom stereocenters. The van der Waals surface area contributed by atoms with Gasteiger partial charge in [-0.05, 0) is 75.9 Å². The van der Waals surface area contributed by atoms with Crippen molar-refractivity contribution in [2.24, 2.45) is 0 Å². The minimum atomic E-state index is -3.58. The Hall–Kier alpha value is -0.370. The van der Waals surface area contributed by atoms with Gasteiger partial charge in [0.1, 0.15) is 4.90 Å². The first-order valence-electron chi connectivity index (χ1n) is 5.76. The molecule has 1 aromatic heterocycles. The van der Waals surface area contributed by atoms with Crippen molar-refractivity contribution in [3.63, 3.8) is 0 Å². The minimum absolute atomic E-state index is 0.307. The number of sulfonamides is 1. The fourth-order valence-electron chi connectivity index (χ4n) is 1.93. The van der Waals surface area contributed by atoms with Gasteiger partial charge in [-0.25, -0.2) is 8.42 Å². The van der Waals surface area contributed by atoms with E-state index in [1.807, 2.05) is 26.0 Å². The second-order valence-corrected chi connectivity index (χ2v) is 9.66. The highest BCUT2D eigenvalue weighted by Crippen LogP contribution is 2.33. The second kappa shape index (κ2) is 5.79. The molecule has 3 nitrogen and oxygen atoms in total. The van der Waals surface area contributed by atoms with Crippen molar-refractivity contribution in [3.05, 3.63) is 42.5 Å². The monoisotopic (exact) mass is 437 g/mol. The van der Waals surface area contributed by atoms with Gasteiger partial charge in [-0.1, -0.05) is 6.07 Å². The molecule has 1 aromatic carbocycles. The van der Waals surface area contributed by atoms with Gasteiger partial charge in [-0.3, -0.25) is 4.72 Å². The lowest BCUT2D eigenvalue weighted by molar-refractivity contribution is 0.601. The fraction of sp³-hybridized carbons (Fsp3) is 0.231. The first kappa shape index (κ1) is 16.0. The summed E-state index contributed by atoms with van der Waals surface area (Å²) in [6.07, 6.45) is 0. The molecule has 2 rings (SSSR count). The third-order valence-corrected chi connectivity index (χ3v) is 6.58. The van der Waals surface area contributed by atoms with Gasteiger partial charge in [-0.15, -0.1) is 11.3 Å². The average molecular weight is 439 g/mol. The summed E-state index contributed by atoms with van der Waals surface area (Å²) in [5, 5.41) is 0. The minimum Gasteiger partial charge on any atom is -0.278 e. The summed E-state index contributed by atoms with van der Waals surface area (Å²) in [6.45, 7) is 5.64. The number of rotatable bonds is 3. The molecule has 1 N–H and O–H groups in total. The van der Waals surface area contributed by atoms with Gasteiger partial charge in [0.05, 0.1) is 9.47 Å². The zero-order valence-electron chi connectivity index (χ0n) is 11.1. The summed E-state index contributed by atoms with van der Waals surface area (Å²) in [4.78, 5) is 1.06. The van der Waals surface area contributed by atoms with Crippen LogP contribution in [0.15, 0.2) is 31.4 Å². The predicted octanol–water partition coefficient (Wildman–Crippen LogP) is 5.00. The quantitative estimate of drug-likeness (QED) is 0.732. The van der Waals surface area contributed by atoms with Crippen LogP contribution < -0.4 is 4.72 Å². The molecule has 0 radical (unpaired) electrons. The van der Waals surface area contributed by atoms with Crippen molar-refractivity contribution in [3.8, 4) is 0 Å². The van der Waals surface area contributed by atoms with Gasteiger partial charge >= 0.3 is 0 Å². The molecule has 7 heteroatoms. The molecular weight excluding hydrogens is 426 g/mol. The number of anilines is 1. The Morgan fingerprint density at radius 3 is 2.25 bits per heavy atom. The van der Waals surface area contributed by atoms with E-state index in [1.165, 1.54) is 11.3 Å². The lowest BCUT2D eigenvalue weighted by Gasteiger charge is -2.13. The zero-order chi connectivity index (χ0) is 15.1. The van der Waals surface area contributed by atoms with Gasteiger partial charge in [0.25, 0.3) is 10.0 Å². The predicted molar refractivity (Wildman–Crippen MR) is 91.2 cm³/mol. The third kappa shape index (κ3) is 3.27. The van der Waals surface area contributed by atoms with Gasteiger partial charge in [0.15, 0.2) is 0 Å². The van der Waals surface area contributed by atoms with E-state index in [9.17, 15) is 8.42 Å². The molecule has 0 fully saturated rings. The van der Waals surface area contributed by atoms with Crippen LogP contribution >= 0.6 is 43.2 Å². The van der Waals surface area contributed by atoms with Gasteiger partial charge in [0.2, 0.25) is 0 Å². The van der Waals surface area contributed by atoms with Crippen LogP contribution in [0.25, 0.3) is 0 Å². The number of halogens is 2. The Labute approximate surface area is 139 Å². The molecule has 0 aliphatic rings. The summed E-state index contributed by atoms with van der Waals surface area (Å²) in [5.41, 5.74) is 2.54. The highest BCUT2D eigenvalue weighted by molar-refractivity contribution is 9.11. The summed E-state index contributed by atoms with van der Waals surface area (Å²) in [6, 6.07) is 5.46. The van der Waals surface area contributed by atoms with Crippen LogP contribution in [0, 0.1) is 20.8 Å². The molecule has 2 aromatic rings. The molecule has 0 aliphatic heterocycles. The molecule has 0 saturated heterocycles. The number of nitrogens with one attached hydrogen (secondary N) is 1. The number of benzene rings is 1. The smallest absolute Gasteiger partial charge is 0.263 e. The second-order valence-electron chi connectivity index (χ2n) is 4.52. The van der Waals surface area contributed by atoms with Crippen molar-refractivity contribution >= 4 is 58.9 Å². The number of hydrogen-bond acceptors (Lipinski definition) is 3. The van der Waals surface area contributed by atoms with Crippen LogP contribution in [-0.4, -0.2) is 8.42 Å². The molecule has 0 saturated carbocycles. The molecule has 0 aliphatic carbocycles. The summed E-state index contributed by atoms with van der Waals surface area (Å²) in [7, 11) is -3.58. The van der Waals surface area contributed by atoms with E-state index >= 15 is 0 Å². The number of aryl methyl sites for hydroxylation is 3. The first-order valence-corrected chi connectivity index (χ1v) is 9.65. The summed E-state index contributed by atoms with van der Waals surface area (Å²) >= 11 is 8.13. The van der Waals surface area contributed by atoms with Crippen molar-refractivity contribution in [1.82, 2.24) is 0 Å². The maximum absolute atomic E-state index is 12.5. The van der Waals surface area contributed by atoms with E-state index in [1.54, 1.807) is 13.0 Å². The fourth-order valence-corrected chi connectivity index (χ4v) is 6.40. The summed E-state index contributed by atoms with van der Waals surface area (Å²) in [5.74, 6) is 0. The van der Waals surface area contributed by atoms with Gasteiger partial charge in [0, 0.05) is 9.35 Å². The van der Waals surface area contributed by atoms with E-state index in [4.69, 9.17) is 0 Å². The van der Waals surface area contributed by atoms with E-state index in [-0.39, 0.29) is 0 Å². The van der Waals surface area contributed by atoms with E-state index in [2.05, 4.69) is 36.6 Å². The van der Waals surface area contributed by atoms with Crippen molar-refractivity contribution in [1.29, 1.82) is 0 Å². The Balaban J connectivity index is 2.46. The van der Waals surface area contributed by atoms with E-state index < -0.39 is 10.0 Å². The Kier molecular flexibility index (Phi) is 4.63. The topological polar surface area (TPSA) is 46.2 Å². The number of thiophene rings is 1. The molecule has 1 heterocycles. The zero-order valence-corrected chi connectivity index (χ0v) is 15.9. The normalized spacial score (nSPS) is 11.7. The Bertz CT molecular complexity index is 744. The lowest BCUT2D eigenvalue weighted by atomic mass is 10.1. The maximum Gasteiger partial charge on any atom is 0.263 e. The van der Waals surface area contributed by atoms with Crippen LogP contribution in [0.1, 0.15) is 16.0 Å². The molecule has 0 amide bonds. The SMILES string of the molecule is Cc1cc(C)c(NS(=O)(=O)c2cc(Br)sc2C)c(Br)c1. The molecular formula is C13H13Br2NO2S2. The Morgan fingerprint density at radius 1 is 1.10 bits per heavy atom. The standard InChI is InChI=1S/C13H13Br2NO2S2/c1-7-4-8(2)13(10(14)5-7)16-20(17,18)11-6-12(15)19-9(11)3/h4-6,16H,1-3H3. The molecule has 0 bridgehead atoms. The van der Waals surface area contributed by atoms with Crippen LogP contribution in [0.4, 0.5) is 5.69 Å². The van der Waals surface area contributed by atoms with Gasteiger partial charge < -0.3 is 0 Å². The molecule has 0 unspecified atom stereocenters. The highest BCUT2D eigenvalue weighted by atomic mass is 79.9. The van der Waals surface area contributed by atoms with Crippen LogP contribution in [0.2, 0.25) is 0 Å². The maximum atomic E-state index is 12.5. The average Bonchev–Trinajstić information content (AvgIpc) is 2.64. The van der Waals surface area contributed by atoms with E-state index in [0.29, 0.717) is 10.6 Å². The van der Waals surface area contributed by atoms with Crippen molar-refractivity contribution in [2.45, 2.75) is 25.7 Å². The van der Waals surface area contributed by atoms with Crippen LogP contribution in [0.5, 0.6) is 0 Å². The van der Waals surface area contributed by atoms with Crippen LogP contribution in [0.3, 0.4) is 0 Å². The molecule has 108 valence electrons.